The van der Waals surface area contributed by atoms with Gasteiger partial charge in [-0.15, -0.1) is 22.7 Å². The summed E-state index contributed by atoms with van der Waals surface area (Å²) >= 11 is 3.19. The number of non-ortho nitro benzene ring substituents is 1. The third kappa shape index (κ3) is 4.90. The molecule has 3 aromatic rings. The first-order valence-electron chi connectivity index (χ1n) is 7.81. The average Bonchev–Trinajstić information content (AvgIpc) is 3.33. The number of carbonyl (C=O) groups is 1. The van der Waals surface area contributed by atoms with Crippen molar-refractivity contribution in [3.05, 3.63) is 79.2 Å². The number of nitro groups is 1. The summed E-state index contributed by atoms with van der Waals surface area (Å²) < 4.78 is 5.49. The van der Waals surface area contributed by atoms with Crippen LogP contribution in [0.1, 0.15) is 9.75 Å². The molecule has 0 saturated carbocycles. The smallest absolute Gasteiger partial charge is 0.273 e. The molecule has 2 aromatic heterocycles. The lowest BCUT2D eigenvalue weighted by molar-refractivity contribution is -0.384. The topological polar surface area (TPSA) is 72.7 Å². The lowest BCUT2D eigenvalue weighted by Gasteiger charge is -2.21. The molecule has 134 valence electrons. The normalized spacial score (nSPS) is 10.5. The highest BCUT2D eigenvalue weighted by atomic mass is 32.1. The highest BCUT2D eigenvalue weighted by Gasteiger charge is 2.17. The van der Waals surface area contributed by atoms with Crippen LogP contribution in [0.3, 0.4) is 0 Å². The molecule has 0 fully saturated rings. The fourth-order valence-electron chi connectivity index (χ4n) is 2.34. The van der Waals surface area contributed by atoms with E-state index in [9.17, 15) is 14.9 Å². The van der Waals surface area contributed by atoms with Gasteiger partial charge in [0, 0.05) is 15.8 Å². The first-order chi connectivity index (χ1) is 12.6. The van der Waals surface area contributed by atoms with Crippen LogP contribution in [0.25, 0.3) is 0 Å². The van der Waals surface area contributed by atoms with Crippen molar-refractivity contribution in [2.24, 2.45) is 0 Å². The number of rotatable bonds is 8. The van der Waals surface area contributed by atoms with Crippen LogP contribution in [0.5, 0.6) is 5.75 Å². The van der Waals surface area contributed by atoms with Gasteiger partial charge < -0.3 is 9.64 Å². The minimum atomic E-state index is -0.491. The van der Waals surface area contributed by atoms with Crippen LogP contribution >= 0.6 is 22.7 Å². The van der Waals surface area contributed by atoms with Crippen molar-refractivity contribution >= 4 is 34.3 Å². The van der Waals surface area contributed by atoms with Crippen LogP contribution in [0, 0.1) is 10.1 Å². The van der Waals surface area contributed by atoms with Crippen molar-refractivity contribution in [1.82, 2.24) is 4.90 Å². The Bertz CT molecular complexity index is 827. The molecule has 3 rings (SSSR count). The second-order valence-electron chi connectivity index (χ2n) is 5.45. The third-order valence-electron chi connectivity index (χ3n) is 3.60. The highest BCUT2D eigenvalue weighted by Crippen LogP contribution is 2.20. The van der Waals surface area contributed by atoms with Crippen molar-refractivity contribution < 1.29 is 14.5 Å². The number of hydrogen-bond donors (Lipinski definition) is 0. The van der Waals surface area contributed by atoms with Crippen LogP contribution in [-0.4, -0.2) is 22.3 Å². The molecular weight excluding hydrogens is 372 g/mol. The predicted molar refractivity (Wildman–Crippen MR) is 101 cm³/mol. The van der Waals surface area contributed by atoms with Crippen molar-refractivity contribution in [1.29, 1.82) is 0 Å². The number of thiophene rings is 2. The molecular formula is C18H16N2O4S2. The van der Waals surface area contributed by atoms with E-state index in [1.807, 2.05) is 35.0 Å². The van der Waals surface area contributed by atoms with Crippen LogP contribution in [0.15, 0.2) is 59.3 Å². The lowest BCUT2D eigenvalue weighted by atomic mass is 10.3. The maximum absolute atomic E-state index is 12.7. The average molecular weight is 388 g/mol. The van der Waals surface area contributed by atoms with Crippen molar-refractivity contribution in [2.75, 3.05) is 6.61 Å². The summed E-state index contributed by atoms with van der Waals surface area (Å²) in [5.41, 5.74) is -0.0658. The molecule has 8 heteroatoms. The SMILES string of the molecule is O=C(COc1cccc([N+](=O)[O-])c1)N(Cc1cccs1)Cc1cccs1. The summed E-state index contributed by atoms with van der Waals surface area (Å²) in [7, 11) is 0. The number of nitrogens with zero attached hydrogens (tertiary/aromatic N) is 2. The standard InChI is InChI=1S/C18H16N2O4S2/c21-18(13-24-15-5-1-4-14(10-15)20(22)23)19(11-16-6-2-8-25-16)12-17-7-3-9-26-17/h1-10H,11-13H2. The van der Waals surface area contributed by atoms with Crippen molar-refractivity contribution in [2.45, 2.75) is 13.1 Å². The summed E-state index contributed by atoms with van der Waals surface area (Å²) in [6.07, 6.45) is 0. The maximum Gasteiger partial charge on any atom is 0.273 e. The van der Waals surface area contributed by atoms with Crippen molar-refractivity contribution in [3.63, 3.8) is 0 Å². The molecule has 1 amide bonds. The van der Waals surface area contributed by atoms with Gasteiger partial charge in [-0.2, -0.15) is 0 Å². The Balaban J connectivity index is 1.66. The van der Waals surface area contributed by atoms with Crippen molar-refractivity contribution in [3.8, 4) is 5.75 Å². The van der Waals surface area contributed by atoms with Crippen LogP contribution in [0.4, 0.5) is 5.69 Å². The minimum Gasteiger partial charge on any atom is -0.484 e. The maximum atomic E-state index is 12.7. The Morgan fingerprint density at radius 1 is 1.04 bits per heavy atom. The second-order valence-corrected chi connectivity index (χ2v) is 7.52. The van der Waals surface area contributed by atoms with Gasteiger partial charge in [0.05, 0.1) is 24.1 Å². The van der Waals surface area contributed by atoms with Crippen LogP contribution < -0.4 is 4.74 Å². The molecule has 26 heavy (non-hydrogen) atoms. The van der Waals surface area contributed by atoms with E-state index in [1.165, 1.54) is 18.2 Å². The zero-order valence-electron chi connectivity index (χ0n) is 13.7. The van der Waals surface area contributed by atoms with Gasteiger partial charge in [0.2, 0.25) is 0 Å². The summed E-state index contributed by atoms with van der Waals surface area (Å²) in [6, 6.07) is 13.7. The van der Waals surface area contributed by atoms with Gasteiger partial charge >= 0.3 is 0 Å². The molecule has 2 heterocycles. The fourth-order valence-corrected chi connectivity index (χ4v) is 3.78. The molecule has 0 saturated heterocycles. The Kier molecular flexibility index (Phi) is 5.98. The van der Waals surface area contributed by atoms with E-state index in [1.54, 1.807) is 33.6 Å². The van der Waals surface area contributed by atoms with Crippen LogP contribution in [-0.2, 0) is 17.9 Å². The third-order valence-corrected chi connectivity index (χ3v) is 5.32. The summed E-state index contributed by atoms with van der Waals surface area (Å²) in [4.78, 5) is 26.9. The molecule has 0 aliphatic carbocycles. The molecule has 0 unspecified atom stereocenters. The lowest BCUT2D eigenvalue weighted by Crippen LogP contribution is -2.33. The van der Waals surface area contributed by atoms with Gasteiger partial charge in [0.1, 0.15) is 5.75 Å². The largest absolute Gasteiger partial charge is 0.484 e. The minimum absolute atomic E-state index is 0.0658. The number of benzene rings is 1. The Morgan fingerprint density at radius 2 is 1.69 bits per heavy atom. The Hall–Kier alpha value is -2.71. The Labute approximate surface area is 158 Å². The number of nitro benzene ring substituents is 1. The first kappa shape index (κ1) is 18.1. The zero-order chi connectivity index (χ0) is 18.4. The van der Waals surface area contributed by atoms with Gasteiger partial charge in [-0.05, 0) is 29.0 Å². The van der Waals surface area contributed by atoms with Gasteiger partial charge in [0.25, 0.3) is 11.6 Å². The van der Waals surface area contributed by atoms with Gasteiger partial charge in [0.15, 0.2) is 6.61 Å². The van der Waals surface area contributed by atoms with Gasteiger partial charge in [-0.25, -0.2) is 0 Å². The van der Waals surface area contributed by atoms with E-state index in [2.05, 4.69) is 0 Å². The molecule has 0 spiro atoms. The quantitative estimate of drug-likeness (QED) is 0.425. The van der Waals surface area contributed by atoms with E-state index in [0.29, 0.717) is 18.8 Å². The second kappa shape index (κ2) is 8.59. The molecule has 0 aliphatic heterocycles. The molecule has 0 aliphatic rings. The monoisotopic (exact) mass is 388 g/mol. The van der Waals surface area contributed by atoms with Gasteiger partial charge in [-0.1, -0.05) is 18.2 Å². The molecule has 0 radical (unpaired) electrons. The fraction of sp³-hybridized carbons (Fsp3) is 0.167. The zero-order valence-corrected chi connectivity index (χ0v) is 15.4. The number of amides is 1. The summed E-state index contributed by atoms with van der Waals surface area (Å²) in [6.45, 7) is 0.845. The van der Waals surface area contributed by atoms with E-state index in [4.69, 9.17) is 4.74 Å². The number of hydrogen-bond acceptors (Lipinski definition) is 6. The molecule has 0 atom stereocenters. The Morgan fingerprint density at radius 3 is 2.23 bits per heavy atom. The summed E-state index contributed by atoms with van der Waals surface area (Å²) in [5.74, 6) is 0.137. The molecule has 6 nitrogen and oxygen atoms in total. The van der Waals surface area contributed by atoms with Gasteiger partial charge in [-0.3, -0.25) is 14.9 Å². The predicted octanol–water partition coefficient (Wildman–Crippen LogP) is 4.33. The van der Waals surface area contributed by atoms with E-state index in [0.717, 1.165) is 9.75 Å². The highest BCUT2D eigenvalue weighted by molar-refractivity contribution is 7.10. The van der Waals surface area contributed by atoms with E-state index < -0.39 is 4.92 Å². The molecule has 0 bridgehead atoms. The summed E-state index contributed by atoms with van der Waals surface area (Å²) in [5, 5.41) is 14.8. The number of ether oxygens (including phenoxy) is 1. The van der Waals surface area contributed by atoms with Crippen LogP contribution in [0.2, 0.25) is 0 Å². The van der Waals surface area contributed by atoms with E-state index >= 15 is 0 Å². The van der Waals surface area contributed by atoms with E-state index in [-0.39, 0.29) is 18.2 Å². The molecule has 1 aromatic carbocycles. The number of carbonyl (C=O) groups excluding carboxylic acids is 1. The first-order valence-corrected chi connectivity index (χ1v) is 9.57. The molecule has 0 N–H and O–H groups in total.